The third-order valence-corrected chi connectivity index (χ3v) is 1.62. The summed E-state index contributed by atoms with van der Waals surface area (Å²) in [6.07, 6.45) is 0. The molecule has 0 bridgehead atoms. The van der Waals surface area contributed by atoms with Crippen molar-refractivity contribution in [3.05, 3.63) is 34.9 Å². The van der Waals surface area contributed by atoms with Gasteiger partial charge in [0, 0.05) is 19.5 Å². The number of hydrogen-bond donors (Lipinski definition) is 0. The van der Waals surface area contributed by atoms with Crippen LogP contribution in [0.4, 0.5) is 0 Å². The van der Waals surface area contributed by atoms with Gasteiger partial charge in [0.25, 0.3) is 5.24 Å². The van der Waals surface area contributed by atoms with Gasteiger partial charge >= 0.3 is 0 Å². The van der Waals surface area contributed by atoms with Gasteiger partial charge in [-0.3, -0.25) is 4.79 Å². The molecule has 1 rings (SSSR count). The molecule has 12 heavy (non-hydrogen) atoms. The fourth-order valence-corrected chi connectivity index (χ4v) is 1.06. The Balaban J connectivity index is 0. The van der Waals surface area contributed by atoms with Crippen LogP contribution in [0.25, 0.3) is 0 Å². The molecule has 0 aromatic heterocycles. The van der Waals surface area contributed by atoms with E-state index in [0.29, 0.717) is 10.6 Å². The molecular formula is C7H5Cl3OZn. The smallest absolute Gasteiger partial charge is 0.253 e. The number of benzene rings is 1. The van der Waals surface area contributed by atoms with Crippen molar-refractivity contribution in [2.75, 3.05) is 0 Å². The quantitative estimate of drug-likeness (QED) is 0.569. The van der Waals surface area contributed by atoms with Crippen LogP contribution in [0.1, 0.15) is 10.4 Å². The average Bonchev–Trinajstić information content (AvgIpc) is 1.88. The number of carbonyl (C=O) groups excluding carboxylic acids is 1. The number of rotatable bonds is 1. The van der Waals surface area contributed by atoms with E-state index in [2.05, 4.69) is 0 Å². The molecule has 1 aromatic carbocycles. The van der Waals surface area contributed by atoms with E-state index in [4.69, 9.17) is 23.2 Å². The molecule has 0 amide bonds. The van der Waals surface area contributed by atoms with Crippen molar-refractivity contribution in [1.29, 1.82) is 0 Å². The maximum atomic E-state index is 10.5. The van der Waals surface area contributed by atoms with Crippen LogP contribution in [0.2, 0.25) is 5.02 Å². The summed E-state index contributed by atoms with van der Waals surface area (Å²) in [6.45, 7) is 0. The normalized spacial score (nSPS) is 7.83. The molecule has 1 nitrogen and oxygen atoms in total. The molecule has 1 aromatic rings. The number of carbonyl (C=O) groups is 1. The SMILES string of the molecule is Cl.O=C(Cl)c1ccccc1Cl.[Zn]. The van der Waals surface area contributed by atoms with Crippen LogP contribution in [-0.4, -0.2) is 5.24 Å². The summed E-state index contributed by atoms with van der Waals surface area (Å²) in [7, 11) is 0. The summed E-state index contributed by atoms with van der Waals surface area (Å²) < 4.78 is 0. The Bertz CT molecular complexity index is 265. The standard InChI is InChI=1S/C7H4Cl2O.ClH.Zn/c8-6-4-2-1-3-5(6)7(9)10;;/h1-4H;1H;. The van der Waals surface area contributed by atoms with Crippen molar-refractivity contribution in [3.8, 4) is 0 Å². The van der Waals surface area contributed by atoms with Gasteiger partial charge in [0.05, 0.1) is 10.6 Å². The first-order valence-corrected chi connectivity index (χ1v) is 3.42. The van der Waals surface area contributed by atoms with E-state index in [1.807, 2.05) is 0 Å². The third kappa shape index (κ3) is 3.86. The minimum Gasteiger partial charge on any atom is -0.276 e. The van der Waals surface area contributed by atoms with Crippen LogP contribution in [0.5, 0.6) is 0 Å². The average molecular weight is 277 g/mol. The van der Waals surface area contributed by atoms with Crippen molar-refractivity contribution in [2.45, 2.75) is 0 Å². The number of hydrogen-bond acceptors (Lipinski definition) is 1. The molecule has 0 aliphatic heterocycles. The predicted molar refractivity (Wildman–Crippen MR) is 48.9 cm³/mol. The monoisotopic (exact) mass is 274 g/mol. The van der Waals surface area contributed by atoms with Gasteiger partial charge in [0.1, 0.15) is 0 Å². The Morgan fingerprint density at radius 3 is 2.08 bits per heavy atom. The molecule has 5 heteroatoms. The Labute approximate surface area is 99.6 Å². The van der Waals surface area contributed by atoms with Gasteiger partial charge in [-0.2, -0.15) is 0 Å². The molecule has 0 spiro atoms. The largest absolute Gasteiger partial charge is 0.276 e. The van der Waals surface area contributed by atoms with Crippen LogP contribution < -0.4 is 0 Å². The van der Waals surface area contributed by atoms with Gasteiger partial charge in [-0.15, -0.1) is 12.4 Å². The Morgan fingerprint density at radius 1 is 1.25 bits per heavy atom. The zero-order valence-corrected chi connectivity index (χ0v) is 11.4. The van der Waals surface area contributed by atoms with Crippen LogP contribution >= 0.6 is 35.6 Å². The predicted octanol–water partition coefficient (Wildman–Crippen LogP) is 3.14. The van der Waals surface area contributed by atoms with Crippen molar-refractivity contribution < 1.29 is 24.3 Å². The first-order valence-electron chi connectivity index (χ1n) is 2.66. The van der Waals surface area contributed by atoms with Crippen molar-refractivity contribution in [1.82, 2.24) is 0 Å². The van der Waals surface area contributed by atoms with E-state index >= 15 is 0 Å². The Morgan fingerprint density at radius 2 is 1.75 bits per heavy atom. The molecule has 0 atom stereocenters. The van der Waals surface area contributed by atoms with Crippen LogP contribution in [0, 0.1) is 0 Å². The van der Waals surface area contributed by atoms with Gasteiger partial charge in [-0.05, 0) is 23.7 Å². The van der Waals surface area contributed by atoms with Gasteiger partial charge in [-0.1, -0.05) is 23.7 Å². The second kappa shape index (κ2) is 6.85. The molecule has 0 saturated heterocycles. The second-order valence-corrected chi connectivity index (χ2v) is 2.50. The van der Waals surface area contributed by atoms with E-state index in [1.165, 1.54) is 0 Å². The van der Waals surface area contributed by atoms with Gasteiger partial charge in [-0.25, -0.2) is 0 Å². The summed E-state index contributed by atoms with van der Waals surface area (Å²) in [5.41, 5.74) is 0.353. The minimum atomic E-state index is -0.523. The first-order chi connectivity index (χ1) is 4.72. The van der Waals surface area contributed by atoms with E-state index in [0.717, 1.165) is 0 Å². The molecular weight excluding hydrogens is 272 g/mol. The van der Waals surface area contributed by atoms with Crippen molar-refractivity contribution >= 4 is 40.9 Å². The molecule has 0 heterocycles. The fraction of sp³-hybridized carbons (Fsp3) is 0. The Kier molecular flexibility index (Phi) is 8.50. The van der Waals surface area contributed by atoms with E-state index in [-0.39, 0.29) is 31.9 Å². The zero-order chi connectivity index (χ0) is 7.56. The molecule has 0 saturated carbocycles. The topological polar surface area (TPSA) is 17.1 Å². The molecule has 0 fully saturated rings. The summed E-state index contributed by atoms with van der Waals surface area (Å²) in [6, 6.07) is 6.65. The zero-order valence-electron chi connectivity index (χ0n) is 6.09. The van der Waals surface area contributed by atoms with Crippen LogP contribution in [-0.2, 0) is 19.5 Å². The van der Waals surface area contributed by atoms with E-state index in [9.17, 15) is 4.79 Å². The maximum Gasteiger partial charge on any atom is 0.253 e. The minimum absolute atomic E-state index is 0. The summed E-state index contributed by atoms with van der Waals surface area (Å²) in [4.78, 5) is 10.5. The van der Waals surface area contributed by atoms with Crippen LogP contribution in [0.3, 0.4) is 0 Å². The van der Waals surface area contributed by atoms with Crippen LogP contribution in [0.15, 0.2) is 24.3 Å². The molecule has 0 N–H and O–H groups in total. The van der Waals surface area contributed by atoms with Crippen molar-refractivity contribution in [3.63, 3.8) is 0 Å². The molecule has 0 radical (unpaired) electrons. The fourth-order valence-electron chi connectivity index (χ4n) is 0.621. The third-order valence-electron chi connectivity index (χ3n) is 1.09. The molecule has 62 valence electrons. The summed E-state index contributed by atoms with van der Waals surface area (Å²) >= 11 is 10.8. The number of halogens is 3. The maximum absolute atomic E-state index is 10.5. The summed E-state index contributed by atoms with van der Waals surface area (Å²) in [5, 5.41) is -0.131. The van der Waals surface area contributed by atoms with Crippen molar-refractivity contribution in [2.24, 2.45) is 0 Å². The van der Waals surface area contributed by atoms with Gasteiger partial charge in [0.15, 0.2) is 0 Å². The second-order valence-electron chi connectivity index (χ2n) is 1.75. The molecule has 0 unspecified atom stereocenters. The van der Waals surface area contributed by atoms with E-state index < -0.39 is 5.24 Å². The van der Waals surface area contributed by atoms with Gasteiger partial charge < -0.3 is 0 Å². The van der Waals surface area contributed by atoms with E-state index in [1.54, 1.807) is 24.3 Å². The summed E-state index contributed by atoms with van der Waals surface area (Å²) in [5.74, 6) is 0. The molecule has 0 aliphatic rings. The Hall–Kier alpha value is 0.383. The van der Waals surface area contributed by atoms with Gasteiger partial charge in [0.2, 0.25) is 0 Å². The first kappa shape index (κ1) is 14.9. The molecule has 0 aliphatic carbocycles.